The van der Waals surface area contributed by atoms with Crippen molar-refractivity contribution >= 4 is 28.7 Å². The molecule has 3 atom stereocenters. The smallest absolute Gasteiger partial charge is 0.358 e. The highest BCUT2D eigenvalue weighted by molar-refractivity contribution is 6.05. The molecule has 0 spiro atoms. The van der Waals surface area contributed by atoms with E-state index in [9.17, 15) is 45.0 Å². The van der Waals surface area contributed by atoms with E-state index in [4.69, 9.17) is 5.73 Å². The minimum Gasteiger partial charge on any atom is -0.504 e. The maximum atomic E-state index is 14.0. The van der Waals surface area contributed by atoms with E-state index in [0.717, 1.165) is 11.0 Å². The van der Waals surface area contributed by atoms with E-state index in [0.29, 0.717) is 29.3 Å². The number of carboxylic acids is 1. The van der Waals surface area contributed by atoms with E-state index in [2.05, 4.69) is 10.3 Å². The summed E-state index contributed by atoms with van der Waals surface area (Å²) in [5.41, 5.74) is 3.78. The first kappa shape index (κ1) is 30.2. The molecule has 0 aliphatic carbocycles. The summed E-state index contributed by atoms with van der Waals surface area (Å²) in [7, 11) is 0. The maximum absolute atomic E-state index is 14.0. The van der Waals surface area contributed by atoms with Gasteiger partial charge in [0.2, 0.25) is 0 Å². The number of aromatic nitrogens is 1. The number of carbonyl (C=O) groups is 3. The highest BCUT2D eigenvalue weighted by atomic mass is 16.4. The van der Waals surface area contributed by atoms with Gasteiger partial charge >= 0.3 is 5.97 Å². The van der Waals surface area contributed by atoms with Gasteiger partial charge in [0, 0.05) is 36.2 Å². The van der Waals surface area contributed by atoms with Crippen LogP contribution in [0.1, 0.15) is 57.0 Å². The number of carbonyl (C=O) groups excluding carboxylic acids is 2. The third-order valence-electron chi connectivity index (χ3n) is 8.10. The number of carboxylic acid groups (broad SMARTS) is 1. The van der Waals surface area contributed by atoms with Crippen LogP contribution in [0.25, 0.3) is 10.9 Å². The SMILES string of the molecule is NCC(CCCCNC(=O)c1cccc(O)c1O)N1C(=O)c2c(ccc(O)c2O)C(c2c[nH]c3ccccc23)C1(O)C(=O)O. The Morgan fingerprint density at radius 2 is 1.68 bits per heavy atom. The van der Waals surface area contributed by atoms with Gasteiger partial charge in [-0.25, -0.2) is 4.79 Å². The molecule has 2 heterocycles. The van der Waals surface area contributed by atoms with Gasteiger partial charge in [-0.2, -0.15) is 0 Å². The van der Waals surface area contributed by atoms with Crippen LogP contribution in [0.2, 0.25) is 0 Å². The number of benzene rings is 3. The van der Waals surface area contributed by atoms with Crippen LogP contribution in [0.15, 0.2) is 60.8 Å². The molecule has 10 N–H and O–H groups in total. The molecule has 0 fully saturated rings. The molecule has 5 rings (SSSR count). The van der Waals surface area contributed by atoms with Gasteiger partial charge in [-0.3, -0.25) is 14.5 Å². The second-order valence-corrected chi connectivity index (χ2v) is 10.6. The van der Waals surface area contributed by atoms with Crippen LogP contribution in [-0.2, 0) is 4.79 Å². The summed E-state index contributed by atoms with van der Waals surface area (Å²) in [5, 5.41) is 66.5. The zero-order valence-corrected chi connectivity index (χ0v) is 23.4. The Labute approximate surface area is 250 Å². The number of hydrogen-bond acceptors (Lipinski definition) is 9. The summed E-state index contributed by atoms with van der Waals surface area (Å²) in [4.78, 5) is 43.2. The number of hydrogen-bond donors (Lipinski definition) is 9. The van der Waals surface area contributed by atoms with E-state index in [1.807, 2.05) is 0 Å². The normalized spacial score (nSPS) is 18.6. The van der Waals surface area contributed by atoms with E-state index >= 15 is 0 Å². The second kappa shape index (κ2) is 11.8. The van der Waals surface area contributed by atoms with Crippen LogP contribution >= 0.6 is 0 Å². The van der Waals surface area contributed by atoms with Crippen molar-refractivity contribution in [3.8, 4) is 23.0 Å². The molecule has 2 amide bonds. The molecular formula is C31H32N4O9. The summed E-state index contributed by atoms with van der Waals surface area (Å²) in [6.07, 6.45) is 2.32. The van der Waals surface area contributed by atoms with E-state index in [-0.39, 0.29) is 36.2 Å². The summed E-state index contributed by atoms with van der Waals surface area (Å²) in [5.74, 6) is -7.06. The van der Waals surface area contributed by atoms with Crippen molar-refractivity contribution in [2.24, 2.45) is 5.73 Å². The number of fused-ring (bicyclic) bond motifs is 2. The molecule has 1 aromatic heterocycles. The molecular weight excluding hydrogens is 572 g/mol. The number of aromatic hydroxyl groups is 4. The Morgan fingerprint density at radius 3 is 2.41 bits per heavy atom. The first-order valence-corrected chi connectivity index (χ1v) is 13.9. The van der Waals surface area contributed by atoms with Gasteiger partial charge in [0.05, 0.1) is 17.0 Å². The van der Waals surface area contributed by atoms with E-state index < -0.39 is 58.5 Å². The maximum Gasteiger partial charge on any atom is 0.358 e. The molecule has 4 aromatic rings. The van der Waals surface area contributed by atoms with Crippen molar-refractivity contribution < 1.29 is 45.0 Å². The summed E-state index contributed by atoms with van der Waals surface area (Å²) in [6.45, 7) is -0.113. The van der Waals surface area contributed by atoms with Crippen molar-refractivity contribution in [3.63, 3.8) is 0 Å². The number of amides is 2. The fourth-order valence-corrected chi connectivity index (χ4v) is 5.95. The molecule has 0 bridgehead atoms. The minimum atomic E-state index is -2.84. The number of aromatic amines is 1. The van der Waals surface area contributed by atoms with E-state index in [1.54, 1.807) is 24.3 Å². The first-order valence-electron chi connectivity index (χ1n) is 13.9. The third kappa shape index (κ3) is 4.91. The highest BCUT2D eigenvalue weighted by Gasteiger charge is 2.60. The van der Waals surface area contributed by atoms with Gasteiger partial charge in [-0.1, -0.05) is 30.3 Å². The molecule has 44 heavy (non-hydrogen) atoms. The number of phenols is 4. The number of aliphatic carboxylic acids is 1. The molecule has 3 aromatic carbocycles. The lowest BCUT2D eigenvalue weighted by Gasteiger charge is -2.49. The number of nitrogens with zero attached hydrogens (tertiary/aromatic N) is 1. The summed E-state index contributed by atoms with van der Waals surface area (Å²) in [6, 6.07) is 12.4. The lowest BCUT2D eigenvalue weighted by molar-refractivity contribution is -0.185. The molecule has 13 heteroatoms. The Balaban J connectivity index is 1.45. The summed E-state index contributed by atoms with van der Waals surface area (Å²) < 4.78 is 0. The highest BCUT2D eigenvalue weighted by Crippen LogP contribution is 2.50. The molecule has 0 saturated heterocycles. The predicted molar refractivity (Wildman–Crippen MR) is 157 cm³/mol. The number of nitrogens with two attached hydrogens (primary N) is 1. The predicted octanol–water partition coefficient (Wildman–Crippen LogP) is 2.28. The average molecular weight is 605 g/mol. The van der Waals surface area contributed by atoms with Gasteiger partial charge in [0.1, 0.15) is 0 Å². The summed E-state index contributed by atoms with van der Waals surface area (Å²) >= 11 is 0. The van der Waals surface area contributed by atoms with Gasteiger partial charge in [-0.15, -0.1) is 0 Å². The molecule has 1 aliphatic rings. The quantitative estimate of drug-likeness (QED) is 0.0947. The van der Waals surface area contributed by atoms with Crippen molar-refractivity contribution in [3.05, 3.63) is 83.0 Å². The number of nitrogens with one attached hydrogen (secondary N) is 2. The van der Waals surface area contributed by atoms with Crippen molar-refractivity contribution in [1.82, 2.24) is 15.2 Å². The minimum absolute atomic E-state index is 0.0184. The number of phenolic OH excluding ortho intramolecular Hbond substituents is 4. The number of aliphatic hydroxyl groups is 1. The number of rotatable bonds is 10. The zero-order valence-electron chi connectivity index (χ0n) is 23.4. The van der Waals surface area contributed by atoms with Crippen molar-refractivity contribution in [2.45, 2.75) is 36.9 Å². The number of unbranched alkanes of at least 4 members (excludes halogenated alkanes) is 1. The fourth-order valence-electron chi connectivity index (χ4n) is 5.95. The van der Waals surface area contributed by atoms with E-state index in [1.165, 1.54) is 30.5 Å². The number of para-hydroxylation sites is 2. The molecule has 0 saturated carbocycles. The molecule has 3 unspecified atom stereocenters. The van der Waals surface area contributed by atoms with Gasteiger partial charge in [0.15, 0.2) is 23.0 Å². The Kier molecular flexibility index (Phi) is 8.09. The van der Waals surface area contributed by atoms with Crippen LogP contribution in [0.5, 0.6) is 23.0 Å². The van der Waals surface area contributed by atoms with Crippen molar-refractivity contribution in [1.29, 1.82) is 0 Å². The van der Waals surface area contributed by atoms with Crippen LogP contribution < -0.4 is 11.1 Å². The lowest BCUT2D eigenvalue weighted by Crippen LogP contribution is -2.67. The first-order chi connectivity index (χ1) is 21.0. The second-order valence-electron chi connectivity index (χ2n) is 10.6. The average Bonchev–Trinajstić information content (AvgIpc) is 3.42. The Bertz CT molecular complexity index is 1750. The topological polar surface area (TPSA) is 230 Å². The van der Waals surface area contributed by atoms with Gasteiger partial charge in [-0.05, 0) is 54.7 Å². The van der Waals surface area contributed by atoms with Gasteiger partial charge < -0.3 is 46.7 Å². The molecule has 1 aliphatic heterocycles. The van der Waals surface area contributed by atoms with Crippen molar-refractivity contribution in [2.75, 3.05) is 13.1 Å². The lowest BCUT2D eigenvalue weighted by atomic mass is 9.74. The third-order valence-corrected chi connectivity index (χ3v) is 8.10. The van der Waals surface area contributed by atoms with Crippen LogP contribution in [-0.4, -0.2) is 83.2 Å². The molecule has 0 radical (unpaired) electrons. The van der Waals surface area contributed by atoms with Crippen LogP contribution in [0, 0.1) is 0 Å². The zero-order chi connectivity index (χ0) is 31.8. The largest absolute Gasteiger partial charge is 0.504 e. The van der Waals surface area contributed by atoms with Crippen LogP contribution in [0.3, 0.4) is 0 Å². The molecule has 230 valence electrons. The van der Waals surface area contributed by atoms with Gasteiger partial charge in [0.25, 0.3) is 17.5 Å². The standard InChI is InChI=1S/C31H32N4O9/c32-14-16(6-3-4-13-33-28(40)19-8-5-10-22(36)26(19)38)35-29(41)24-18(11-12-23(37)27(24)39)25(31(35,44)30(42)43)20-15-34-21-9-2-1-7-17(20)21/h1-2,5,7-12,15-16,25,34,36-39,44H,3-4,6,13-14,32H2,(H,33,40)(H,42,43). The Morgan fingerprint density at radius 1 is 0.955 bits per heavy atom. The monoisotopic (exact) mass is 604 g/mol. The fraction of sp³-hybridized carbons (Fsp3) is 0.258. The number of H-pyrrole nitrogens is 1. The van der Waals surface area contributed by atoms with Crippen LogP contribution in [0.4, 0.5) is 0 Å². The molecule has 13 nitrogen and oxygen atoms in total. The Hall–Kier alpha value is -5.27.